The van der Waals surface area contributed by atoms with Crippen LogP contribution >= 0.6 is 17.0 Å². The van der Waals surface area contributed by atoms with E-state index < -0.39 is 24.4 Å². The molecule has 96 valence electrons. The quantitative estimate of drug-likeness (QED) is 0.868. The Labute approximate surface area is 109 Å². The molecule has 0 amide bonds. The number of hydrogen-bond donors (Lipinski definition) is 1. The summed E-state index contributed by atoms with van der Waals surface area (Å²) in [6, 6.07) is 5.92. The van der Waals surface area contributed by atoms with Gasteiger partial charge in [0.2, 0.25) is 0 Å². The third-order valence-corrected chi connectivity index (χ3v) is 2.18. The van der Waals surface area contributed by atoms with Gasteiger partial charge < -0.3 is 10.5 Å². The van der Waals surface area contributed by atoms with E-state index in [4.69, 9.17) is 5.73 Å². The predicted molar refractivity (Wildman–Crippen MR) is 65.3 cm³/mol. The van der Waals surface area contributed by atoms with E-state index in [9.17, 15) is 13.6 Å². The first-order chi connectivity index (χ1) is 7.47. The van der Waals surface area contributed by atoms with Crippen molar-refractivity contribution in [1.82, 2.24) is 0 Å². The molecule has 0 fully saturated rings. The second-order valence-corrected chi connectivity index (χ2v) is 3.40. The van der Waals surface area contributed by atoms with Crippen molar-refractivity contribution < 1.29 is 18.3 Å². The number of nitrogens with two attached hydrogens (primary N) is 1. The summed E-state index contributed by atoms with van der Waals surface area (Å²) in [5.74, 6) is -3.97. The van der Waals surface area contributed by atoms with Crippen LogP contribution in [-0.4, -0.2) is 19.1 Å². The van der Waals surface area contributed by atoms with Crippen LogP contribution in [0, 0.1) is 0 Å². The number of benzene rings is 1. The maximum atomic E-state index is 13.6. The van der Waals surface area contributed by atoms with Crippen molar-refractivity contribution >= 4 is 23.0 Å². The van der Waals surface area contributed by atoms with Gasteiger partial charge in [-0.05, 0) is 0 Å². The number of methoxy groups -OCH3 is 1. The highest BCUT2D eigenvalue weighted by atomic mass is 79.9. The molecule has 17 heavy (non-hydrogen) atoms. The molecule has 0 heterocycles. The molecule has 1 atom stereocenters. The number of carbonyl (C=O) groups is 1. The van der Waals surface area contributed by atoms with E-state index in [0.717, 1.165) is 7.11 Å². The van der Waals surface area contributed by atoms with Gasteiger partial charge in [-0.15, -0.1) is 17.0 Å². The van der Waals surface area contributed by atoms with Gasteiger partial charge in [0.05, 0.1) is 7.11 Å². The van der Waals surface area contributed by atoms with Gasteiger partial charge >= 0.3 is 5.97 Å². The van der Waals surface area contributed by atoms with Crippen molar-refractivity contribution in [3.63, 3.8) is 0 Å². The summed E-state index contributed by atoms with van der Waals surface area (Å²) in [6.07, 6.45) is -0.760. The van der Waals surface area contributed by atoms with Crippen LogP contribution in [0.3, 0.4) is 0 Å². The van der Waals surface area contributed by atoms with Crippen molar-refractivity contribution in [3.05, 3.63) is 35.9 Å². The maximum absolute atomic E-state index is 13.6. The summed E-state index contributed by atoms with van der Waals surface area (Å²) >= 11 is 0. The molecular weight excluding hydrogens is 296 g/mol. The van der Waals surface area contributed by atoms with E-state index in [1.165, 1.54) is 24.3 Å². The van der Waals surface area contributed by atoms with Crippen LogP contribution in [-0.2, 0) is 15.5 Å². The molecule has 0 aromatic heterocycles. The van der Waals surface area contributed by atoms with Crippen molar-refractivity contribution in [2.75, 3.05) is 7.11 Å². The molecule has 0 saturated carbocycles. The third kappa shape index (κ3) is 4.40. The van der Waals surface area contributed by atoms with Crippen LogP contribution in [0.2, 0.25) is 0 Å². The van der Waals surface area contributed by atoms with Crippen molar-refractivity contribution in [2.45, 2.75) is 18.4 Å². The smallest absolute Gasteiger partial charge is 0.322 e. The minimum Gasteiger partial charge on any atom is -0.468 e. The lowest BCUT2D eigenvalue weighted by Crippen LogP contribution is -2.36. The Morgan fingerprint density at radius 2 is 1.94 bits per heavy atom. The molecular formula is C11H14BrF2NO2. The number of halogens is 3. The summed E-state index contributed by atoms with van der Waals surface area (Å²) in [5.41, 5.74) is 5.14. The highest BCUT2D eigenvalue weighted by Crippen LogP contribution is 2.32. The molecule has 2 N–H and O–H groups in total. The summed E-state index contributed by atoms with van der Waals surface area (Å²) in [6.45, 7) is 0. The first kappa shape index (κ1) is 16.0. The number of carbonyl (C=O) groups excluding carboxylic acids is 1. The number of esters is 1. The monoisotopic (exact) mass is 309 g/mol. The van der Waals surface area contributed by atoms with Crippen LogP contribution in [0.4, 0.5) is 8.78 Å². The van der Waals surface area contributed by atoms with E-state index in [1.54, 1.807) is 6.07 Å². The van der Waals surface area contributed by atoms with Crippen LogP contribution < -0.4 is 5.73 Å². The number of ether oxygens (including phenoxy) is 1. The summed E-state index contributed by atoms with van der Waals surface area (Å²) in [5, 5.41) is 0. The van der Waals surface area contributed by atoms with Gasteiger partial charge in [-0.25, -0.2) is 8.78 Å². The van der Waals surface area contributed by atoms with E-state index in [-0.39, 0.29) is 22.5 Å². The van der Waals surface area contributed by atoms with Gasteiger partial charge in [-0.1, -0.05) is 30.3 Å². The van der Waals surface area contributed by atoms with Crippen LogP contribution in [0.1, 0.15) is 12.0 Å². The van der Waals surface area contributed by atoms with E-state index >= 15 is 0 Å². The Hall–Kier alpha value is -1.01. The van der Waals surface area contributed by atoms with Gasteiger partial charge in [0.25, 0.3) is 5.92 Å². The van der Waals surface area contributed by atoms with Gasteiger partial charge in [0.1, 0.15) is 6.04 Å². The molecule has 0 aliphatic heterocycles. The molecule has 1 aromatic rings. The zero-order valence-electron chi connectivity index (χ0n) is 9.23. The van der Waals surface area contributed by atoms with E-state index in [0.29, 0.717) is 0 Å². The lowest BCUT2D eigenvalue weighted by Gasteiger charge is -2.19. The first-order valence-electron chi connectivity index (χ1n) is 4.74. The second-order valence-electron chi connectivity index (χ2n) is 3.40. The Morgan fingerprint density at radius 3 is 2.41 bits per heavy atom. The predicted octanol–water partition coefficient (Wildman–Crippen LogP) is 2.25. The average Bonchev–Trinajstić information content (AvgIpc) is 2.28. The minimum absolute atomic E-state index is 0. The molecule has 0 spiro atoms. The number of hydrogen-bond acceptors (Lipinski definition) is 3. The van der Waals surface area contributed by atoms with Crippen molar-refractivity contribution in [2.24, 2.45) is 5.73 Å². The minimum atomic E-state index is -3.13. The summed E-state index contributed by atoms with van der Waals surface area (Å²) in [7, 11) is 1.11. The third-order valence-electron chi connectivity index (χ3n) is 2.18. The molecule has 0 bridgehead atoms. The van der Waals surface area contributed by atoms with E-state index in [1.807, 2.05) is 0 Å². The molecule has 1 rings (SSSR count). The second kappa shape index (κ2) is 6.66. The molecule has 1 aromatic carbocycles. The Morgan fingerprint density at radius 1 is 1.41 bits per heavy atom. The highest BCUT2D eigenvalue weighted by molar-refractivity contribution is 8.93. The van der Waals surface area contributed by atoms with E-state index in [2.05, 4.69) is 4.74 Å². The molecule has 0 radical (unpaired) electrons. The zero-order chi connectivity index (χ0) is 12.2. The molecule has 0 aliphatic rings. The fraction of sp³-hybridized carbons (Fsp3) is 0.364. The SMILES string of the molecule is Br.COC(=O)C(N)CC(F)(F)c1ccccc1. The Kier molecular flexibility index (Phi) is 6.26. The number of alkyl halides is 2. The molecule has 0 saturated heterocycles. The maximum Gasteiger partial charge on any atom is 0.322 e. The van der Waals surface area contributed by atoms with Gasteiger partial charge in [-0.2, -0.15) is 0 Å². The lowest BCUT2D eigenvalue weighted by molar-refractivity contribution is -0.145. The molecule has 3 nitrogen and oxygen atoms in total. The largest absolute Gasteiger partial charge is 0.468 e. The van der Waals surface area contributed by atoms with Crippen molar-refractivity contribution in [3.8, 4) is 0 Å². The Bertz CT molecular complexity index is 360. The standard InChI is InChI=1S/C11H13F2NO2.BrH/c1-16-10(15)9(14)7-11(12,13)8-5-3-2-4-6-8;/h2-6,9H,7,14H2,1H3;1H. The first-order valence-corrected chi connectivity index (χ1v) is 4.74. The highest BCUT2D eigenvalue weighted by Gasteiger charge is 2.36. The fourth-order valence-electron chi connectivity index (χ4n) is 1.31. The number of rotatable bonds is 4. The Balaban J connectivity index is 0.00000256. The zero-order valence-corrected chi connectivity index (χ0v) is 10.9. The lowest BCUT2D eigenvalue weighted by atomic mass is 10.0. The van der Waals surface area contributed by atoms with Crippen molar-refractivity contribution in [1.29, 1.82) is 0 Å². The topological polar surface area (TPSA) is 52.3 Å². The average molecular weight is 310 g/mol. The van der Waals surface area contributed by atoms with Crippen LogP contribution in [0.25, 0.3) is 0 Å². The summed E-state index contributed by atoms with van der Waals surface area (Å²) < 4.78 is 31.5. The van der Waals surface area contributed by atoms with Crippen LogP contribution in [0.5, 0.6) is 0 Å². The molecule has 1 unspecified atom stereocenters. The fourth-order valence-corrected chi connectivity index (χ4v) is 1.31. The normalized spacial score (nSPS) is 12.5. The summed E-state index contributed by atoms with van der Waals surface area (Å²) in [4.78, 5) is 10.9. The van der Waals surface area contributed by atoms with Crippen LogP contribution in [0.15, 0.2) is 30.3 Å². The van der Waals surface area contributed by atoms with Gasteiger partial charge in [-0.3, -0.25) is 4.79 Å². The van der Waals surface area contributed by atoms with Gasteiger partial charge in [0, 0.05) is 12.0 Å². The molecule has 0 aliphatic carbocycles. The van der Waals surface area contributed by atoms with Gasteiger partial charge in [0.15, 0.2) is 0 Å². The molecule has 6 heteroatoms.